The molecule has 0 amide bonds. The SMILES string of the molecule is CCCCCCCCOC(=O)c1ccc(COc2ccc(-c3ncc(CCCCCCCC)cn3)cc2)cc1. The van der Waals surface area contributed by atoms with Crippen molar-refractivity contribution in [3.8, 4) is 17.1 Å². The van der Waals surface area contributed by atoms with Crippen LogP contribution in [-0.2, 0) is 17.8 Å². The highest BCUT2D eigenvalue weighted by atomic mass is 16.5. The van der Waals surface area contributed by atoms with Gasteiger partial charge < -0.3 is 9.47 Å². The summed E-state index contributed by atoms with van der Waals surface area (Å²) in [4.78, 5) is 21.4. The molecule has 0 fully saturated rings. The molecule has 0 aliphatic heterocycles. The Hall–Kier alpha value is -3.21. The third kappa shape index (κ3) is 11.6. The quantitative estimate of drug-likeness (QED) is 0.114. The molecule has 0 saturated carbocycles. The minimum Gasteiger partial charge on any atom is -0.489 e. The zero-order valence-corrected chi connectivity index (χ0v) is 24.0. The summed E-state index contributed by atoms with van der Waals surface area (Å²) in [6.45, 7) is 5.37. The molecule has 0 aliphatic carbocycles. The standard InChI is InChI=1S/C34H46N2O3/c1-3-5-7-9-11-13-15-29-25-35-33(36-26-29)30-20-22-32(23-21-30)39-27-28-16-18-31(19-17-28)34(37)38-24-14-12-10-8-6-4-2/h16-23,25-26H,3-15,24,27H2,1-2H3. The van der Waals surface area contributed by atoms with Crippen LogP contribution in [0.15, 0.2) is 60.9 Å². The number of esters is 1. The van der Waals surface area contributed by atoms with E-state index < -0.39 is 0 Å². The number of ether oxygens (including phenoxy) is 2. The lowest BCUT2D eigenvalue weighted by molar-refractivity contribution is 0.0497. The predicted molar refractivity (Wildman–Crippen MR) is 159 cm³/mol. The monoisotopic (exact) mass is 530 g/mol. The highest BCUT2D eigenvalue weighted by Gasteiger charge is 2.08. The van der Waals surface area contributed by atoms with Crippen molar-refractivity contribution in [1.82, 2.24) is 9.97 Å². The molecule has 5 nitrogen and oxygen atoms in total. The molecule has 0 atom stereocenters. The fourth-order valence-corrected chi connectivity index (χ4v) is 4.48. The van der Waals surface area contributed by atoms with Gasteiger partial charge in [-0.25, -0.2) is 14.8 Å². The van der Waals surface area contributed by atoms with Crippen LogP contribution in [0.25, 0.3) is 11.4 Å². The normalized spacial score (nSPS) is 10.9. The molecule has 0 saturated heterocycles. The van der Waals surface area contributed by atoms with Gasteiger partial charge in [0.15, 0.2) is 5.82 Å². The van der Waals surface area contributed by atoms with E-state index in [4.69, 9.17) is 9.47 Å². The van der Waals surface area contributed by atoms with Gasteiger partial charge in [0.25, 0.3) is 0 Å². The number of carbonyl (C=O) groups excluding carboxylic acids is 1. The van der Waals surface area contributed by atoms with E-state index in [1.165, 1.54) is 69.8 Å². The van der Waals surface area contributed by atoms with Gasteiger partial charge in [-0.1, -0.05) is 90.2 Å². The fourth-order valence-electron chi connectivity index (χ4n) is 4.48. The molecule has 0 spiro atoms. The lowest BCUT2D eigenvalue weighted by Crippen LogP contribution is -2.06. The van der Waals surface area contributed by atoms with Crippen molar-refractivity contribution < 1.29 is 14.3 Å². The summed E-state index contributed by atoms with van der Waals surface area (Å²) < 4.78 is 11.4. The summed E-state index contributed by atoms with van der Waals surface area (Å²) in [6, 6.07) is 15.3. The Balaban J connectivity index is 1.37. The smallest absolute Gasteiger partial charge is 0.338 e. The van der Waals surface area contributed by atoms with Gasteiger partial charge in [0.2, 0.25) is 0 Å². The number of rotatable bonds is 19. The molecule has 39 heavy (non-hydrogen) atoms. The number of unbranched alkanes of at least 4 members (excludes halogenated alkanes) is 10. The van der Waals surface area contributed by atoms with E-state index >= 15 is 0 Å². The first-order chi connectivity index (χ1) is 19.2. The molecule has 0 N–H and O–H groups in total. The number of hydrogen-bond acceptors (Lipinski definition) is 5. The minimum atomic E-state index is -0.260. The highest BCUT2D eigenvalue weighted by molar-refractivity contribution is 5.89. The summed E-state index contributed by atoms with van der Waals surface area (Å²) in [6.07, 6.45) is 19.7. The molecule has 1 aromatic heterocycles. The van der Waals surface area contributed by atoms with Crippen LogP contribution < -0.4 is 4.74 Å². The van der Waals surface area contributed by atoms with Crippen molar-refractivity contribution in [3.63, 3.8) is 0 Å². The maximum absolute atomic E-state index is 12.3. The van der Waals surface area contributed by atoms with E-state index in [9.17, 15) is 4.79 Å². The average molecular weight is 531 g/mol. The molecule has 5 heteroatoms. The molecule has 1 heterocycles. The van der Waals surface area contributed by atoms with Crippen LogP contribution in [0.2, 0.25) is 0 Å². The van der Waals surface area contributed by atoms with E-state index in [0.717, 1.165) is 42.0 Å². The molecule has 2 aromatic carbocycles. The second kappa shape index (κ2) is 18.1. The van der Waals surface area contributed by atoms with Gasteiger partial charge in [-0.15, -0.1) is 0 Å². The molecule has 0 radical (unpaired) electrons. The molecular weight excluding hydrogens is 484 g/mol. The third-order valence-electron chi connectivity index (χ3n) is 6.96. The summed E-state index contributed by atoms with van der Waals surface area (Å²) in [5, 5.41) is 0. The van der Waals surface area contributed by atoms with Crippen LogP contribution in [-0.4, -0.2) is 22.5 Å². The van der Waals surface area contributed by atoms with Crippen LogP contribution in [0, 0.1) is 0 Å². The van der Waals surface area contributed by atoms with Crippen LogP contribution in [0.3, 0.4) is 0 Å². The molecular formula is C34H46N2O3. The van der Waals surface area contributed by atoms with Gasteiger partial charge in [0.1, 0.15) is 12.4 Å². The second-order valence-electron chi connectivity index (χ2n) is 10.3. The first-order valence-corrected chi connectivity index (χ1v) is 15.0. The summed E-state index contributed by atoms with van der Waals surface area (Å²) in [5.74, 6) is 1.25. The van der Waals surface area contributed by atoms with E-state index in [0.29, 0.717) is 18.8 Å². The minimum absolute atomic E-state index is 0.260. The molecule has 210 valence electrons. The van der Waals surface area contributed by atoms with Crippen LogP contribution in [0.5, 0.6) is 5.75 Å². The third-order valence-corrected chi connectivity index (χ3v) is 6.96. The molecule has 0 aliphatic rings. The van der Waals surface area contributed by atoms with Gasteiger partial charge in [-0.05, 0) is 66.8 Å². The Bertz CT molecular complexity index is 1060. The van der Waals surface area contributed by atoms with E-state index in [2.05, 4.69) is 23.8 Å². The zero-order valence-electron chi connectivity index (χ0n) is 24.0. The zero-order chi connectivity index (χ0) is 27.5. The fraction of sp³-hybridized carbons (Fsp3) is 0.500. The number of carbonyl (C=O) groups is 1. The first-order valence-electron chi connectivity index (χ1n) is 15.0. The van der Waals surface area contributed by atoms with E-state index in [1.807, 2.05) is 48.8 Å². The molecule has 3 aromatic rings. The van der Waals surface area contributed by atoms with Crippen molar-refractivity contribution >= 4 is 5.97 Å². The van der Waals surface area contributed by atoms with Crippen LogP contribution in [0.1, 0.15) is 112 Å². The highest BCUT2D eigenvalue weighted by Crippen LogP contribution is 2.21. The van der Waals surface area contributed by atoms with Crippen molar-refractivity contribution in [1.29, 1.82) is 0 Å². The van der Waals surface area contributed by atoms with Gasteiger partial charge in [-0.2, -0.15) is 0 Å². The summed E-state index contributed by atoms with van der Waals surface area (Å²) in [7, 11) is 0. The molecule has 0 unspecified atom stereocenters. The average Bonchev–Trinajstić information content (AvgIpc) is 2.98. The van der Waals surface area contributed by atoms with Gasteiger partial charge in [0.05, 0.1) is 12.2 Å². The van der Waals surface area contributed by atoms with Crippen LogP contribution in [0.4, 0.5) is 0 Å². The second-order valence-corrected chi connectivity index (χ2v) is 10.3. The Kier molecular flexibility index (Phi) is 14.1. The van der Waals surface area contributed by atoms with Crippen molar-refractivity contribution in [2.24, 2.45) is 0 Å². The Labute approximate surface area is 235 Å². The van der Waals surface area contributed by atoms with E-state index in [-0.39, 0.29) is 5.97 Å². The molecule has 3 rings (SSSR count). The van der Waals surface area contributed by atoms with Crippen LogP contribution >= 0.6 is 0 Å². The lowest BCUT2D eigenvalue weighted by Gasteiger charge is -2.09. The van der Waals surface area contributed by atoms with E-state index in [1.54, 1.807) is 12.1 Å². The lowest BCUT2D eigenvalue weighted by atomic mass is 10.1. The summed E-state index contributed by atoms with van der Waals surface area (Å²) >= 11 is 0. The molecule has 0 bridgehead atoms. The topological polar surface area (TPSA) is 61.3 Å². The number of nitrogens with zero attached hydrogens (tertiary/aromatic N) is 2. The number of aromatic nitrogens is 2. The van der Waals surface area contributed by atoms with Crippen molar-refractivity contribution in [2.75, 3.05) is 6.61 Å². The Morgan fingerprint density at radius 1 is 0.667 bits per heavy atom. The van der Waals surface area contributed by atoms with Crippen molar-refractivity contribution in [2.45, 2.75) is 104 Å². The number of aryl methyl sites for hydroxylation is 1. The number of benzene rings is 2. The number of hydrogen-bond donors (Lipinski definition) is 0. The first kappa shape index (κ1) is 30.3. The Morgan fingerprint density at radius 2 is 1.26 bits per heavy atom. The predicted octanol–water partition coefficient (Wildman–Crippen LogP) is 9.14. The largest absolute Gasteiger partial charge is 0.489 e. The van der Waals surface area contributed by atoms with Gasteiger partial charge in [-0.3, -0.25) is 0 Å². The van der Waals surface area contributed by atoms with Gasteiger partial charge in [0, 0.05) is 18.0 Å². The maximum atomic E-state index is 12.3. The van der Waals surface area contributed by atoms with Gasteiger partial charge >= 0.3 is 5.97 Å². The maximum Gasteiger partial charge on any atom is 0.338 e. The van der Waals surface area contributed by atoms with Crippen molar-refractivity contribution in [3.05, 3.63) is 77.6 Å². The summed E-state index contributed by atoms with van der Waals surface area (Å²) in [5.41, 5.74) is 3.74. The Morgan fingerprint density at radius 3 is 1.90 bits per heavy atom.